The van der Waals surface area contributed by atoms with Crippen molar-refractivity contribution in [3.05, 3.63) is 58.9 Å². The molecule has 116 valence electrons. The molecule has 0 aliphatic rings. The molecule has 0 N–H and O–H groups in total. The molecule has 0 aliphatic carbocycles. The van der Waals surface area contributed by atoms with Crippen LogP contribution in [0.1, 0.15) is 37.3 Å². The molecule has 0 atom stereocenters. The van der Waals surface area contributed by atoms with Crippen LogP contribution >= 0.6 is 0 Å². The third kappa shape index (κ3) is 3.93. The van der Waals surface area contributed by atoms with Gasteiger partial charge in [0.05, 0.1) is 0 Å². The van der Waals surface area contributed by atoms with E-state index in [9.17, 15) is 13.2 Å². The van der Waals surface area contributed by atoms with Crippen molar-refractivity contribution >= 4 is 0 Å². The van der Waals surface area contributed by atoms with Gasteiger partial charge in [-0.25, -0.2) is 13.2 Å². The Labute approximate surface area is 133 Å². The van der Waals surface area contributed by atoms with E-state index < -0.39 is 23.0 Å². The van der Waals surface area contributed by atoms with E-state index in [1.54, 1.807) is 6.07 Å². The summed E-state index contributed by atoms with van der Waals surface area (Å²) in [6, 6.07) is 7.61. The molecule has 0 radical (unpaired) electrons. The van der Waals surface area contributed by atoms with Gasteiger partial charge in [0.2, 0.25) is 0 Å². The molecule has 2 aromatic carbocycles. The van der Waals surface area contributed by atoms with E-state index in [0.29, 0.717) is 5.56 Å². The second-order valence-corrected chi connectivity index (χ2v) is 5.03. The first-order chi connectivity index (χ1) is 11.1. The minimum atomic E-state index is -1.01. The topological polar surface area (TPSA) is 23.8 Å². The van der Waals surface area contributed by atoms with Crippen molar-refractivity contribution in [3.8, 4) is 29.0 Å². The fourth-order valence-corrected chi connectivity index (χ4v) is 2.09. The maximum atomic E-state index is 14.2. The Balaban J connectivity index is 2.35. The molecule has 0 aromatic heterocycles. The highest BCUT2D eigenvalue weighted by molar-refractivity contribution is 5.66. The third-order valence-electron chi connectivity index (χ3n) is 3.32. The fraction of sp³-hybridized carbons (Fsp3) is 0.211. The summed E-state index contributed by atoms with van der Waals surface area (Å²) in [6.07, 6.45) is 2.76. The molecule has 0 amide bonds. The lowest BCUT2D eigenvalue weighted by atomic mass is 10.0. The first kappa shape index (κ1) is 16.6. The highest BCUT2D eigenvalue weighted by Crippen LogP contribution is 2.27. The summed E-state index contributed by atoms with van der Waals surface area (Å²) in [7, 11) is 0. The number of rotatable bonds is 3. The smallest absolute Gasteiger partial charge is 0.144 e. The summed E-state index contributed by atoms with van der Waals surface area (Å²) in [6.45, 7) is 2.06. The van der Waals surface area contributed by atoms with Crippen LogP contribution in [0.4, 0.5) is 13.2 Å². The first-order valence-corrected chi connectivity index (χ1v) is 7.24. The third-order valence-corrected chi connectivity index (χ3v) is 3.32. The molecular weight excluding hydrogens is 299 g/mol. The molecule has 1 nitrogen and oxygen atoms in total. The van der Waals surface area contributed by atoms with Crippen LogP contribution in [0.25, 0.3) is 11.1 Å². The van der Waals surface area contributed by atoms with Crippen LogP contribution in [0.3, 0.4) is 0 Å². The highest BCUT2D eigenvalue weighted by Gasteiger charge is 2.14. The van der Waals surface area contributed by atoms with Gasteiger partial charge >= 0.3 is 0 Å². The van der Waals surface area contributed by atoms with Crippen LogP contribution in [0.15, 0.2) is 30.3 Å². The average molecular weight is 313 g/mol. The minimum Gasteiger partial charge on any atom is -0.206 e. The molecule has 23 heavy (non-hydrogen) atoms. The maximum absolute atomic E-state index is 14.2. The SMILES string of the molecule is CCCCC#Cc1ccc(-c2cc(F)c(C#N)c(F)c2)c(F)c1. The molecule has 0 fully saturated rings. The van der Waals surface area contributed by atoms with Gasteiger partial charge in [-0.2, -0.15) is 5.26 Å². The normalized spacial score (nSPS) is 9.87. The summed E-state index contributed by atoms with van der Waals surface area (Å²) in [5, 5.41) is 8.65. The molecule has 0 bridgehead atoms. The van der Waals surface area contributed by atoms with E-state index in [-0.39, 0.29) is 11.1 Å². The molecule has 0 saturated heterocycles. The zero-order valence-electron chi connectivity index (χ0n) is 12.6. The van der Waals surface area contributed by atoms with Crippen LogP contribution in [-0.2, 0) is 0 Å². The van der Waals surface area contributed by atoms with E-state index in [4.69, 9.17) is 5.26 Å². The summed E-state index contributed by atoms with van der Waals surface area (Å²) in [4.78, 5) is 0. The van der Waals surface area contributed by atoms with Gasteiger partial charge in [-0.3, -0.25) is 0 Å². The number of benzene rings is 2. The Bertz CT molecular complexity index is 800. The lowest BCUT2D eigenvalue weighted by molar-refractivity contribution is 0.577. The van der Waals surface area contributed by atoms with Gasteiger partial charge in [0, 0.05) is 17.5 Å². The van der Waals surface area contributed by atoms with Crippen molar-refractivity contribution in [2.45, 2.75) is 26.2 Å². The van der Waals surface area contributed by atoms with Crippen molar-refractivity contribution in [2.24, 2.45) is 0 Å². The van der Waals surface area contributed by atoms with Crippen LogP contribution < -0.4 is 0 Å². The first-order valence-electron chi connectivity index (χ1n) is 7.24. The average Bonchev–Trinajstić information content (AvgIpc) is 2.51. The molecule has 0 heterocycles. The predicted octanol–water partition coefficient (Wildman–Crippen LogP) is 5.18. The van der Waals surface area contributed by atoms with E-state index in [0.717, 1.165) is 31.4 Å². The lowest BCUT2D eigenvalue weighted by Crippen LogP contribution is -1.94. The molecule has 0 unspecified atom stereocenters. The summed E-state index contributed by atoms with van der Waals surface area (Å²) in [5.41, 5.74) is -0.0575. The zero-order valence-corrected chi connectivity index (χ0v) is 12.6. The Morgan fingerprint density at radius 3 is 2.26 bits per heavy atom. The second kappa shape index (κ2) is 7.51. The monoisotopic (exact) mass is 313 g/mol. The Morgan fingerprint density at radius 1 is 1.00 bits per heavy atom. The number of hydrogen-bond donors (Lipinski definition) is 0. The van der Waals surface area contributed by atoms with Crippen molar-refractivity contribution in [1.82, 2.24) is 0 Å². The predicted molar refractivity (Wildman–Crippen MR) is 82.9 cm³/mol. The van der Waals surface area contributed by atoms with Crippen molar-refractivity contribution < 1.29 is 13.2 Å². The molecule has 2 aromatic rings. The zero-order chi connectivity index (χ0) is 16.8. The largest absolute Gasteiger partial charge is 0.206 e. The number of halogens is 3. The van der Waals surface area contributed by atoms with Gasteiger partial charge in [-0.15, -0.1) is 0 Å². The standard InChI is InChI=1S/C19H14F3N/c1-2-3-4-5-6-13-7-8-15(17(20)9-13)14-10-18(21)16(12-23)19(22)11-14/h7-11H,2-4H2,1H3. The number of nitriles is 1. The van der Waals surface area contributed by atoms with Crippen LogP contribution in [0.5, 0.6) is 0 Å². The van der Waals surface area contributed by atoms with Gasteiger partial charge in [0.1, 0.15) is 29.1 Å². The van der Waals surface area contributed by atoms with Gasteiger partial charge < -0.3 is 0 Å². The van der Waals surface area contributed by atoms with Crippen molar-refractivity contribution in [3.63, 3.8) is 0 Å². The van der Waals surface area contributed by atoms with Crippen molar-refractivity contribution in [2.75, 3.05) is 0 Å². The van der Waals surface area contributed by atoms with E-state index in [1.807, 2.05) is 0 Å². The highest BCUT2D eigenvalue weighted by atomic mass is 19.1. The van der Waals surface area contributed by atoms with E-state index in [2.05, 4.69) is 18.8 Å². The number of hydrogen-bond acceptors (Lipinski definition) is 1. The van der Waals surface area contributed by atoms with E-state index in [1.165, 1.54) is 18.2 Å². The van der Waals surface area contributed by atoms with Gasteiger partial charge in [0.25, 0.3) is 0 Å². The van der Waals surface area contributed by atoms with Crippen LogP contribution in [0, 0.1) is 40.6 Å². The van der Waals surface area contributed by atoms with Gasteiger partial charge in [0.15, 0.2) is 0 Å². The summed E-state index contributed by atoms with van der Waals surface area (Å²) < 4.78 is 41.5. The molecular formula is C19H14F3N. The quantitative estimate of drug-likeness (QED) is 0.565. The Hall–Kier alpha value is -2.72. The van der Waals surface area contributed by atoms with Gasteiger partial charge in [-0.05, 0) is 36.2 Å². The second-order valence-electron chi connectivity index (χ2n) is 5.03. The minimum absolute atomic E-state index is 0.0435. The summed E-state index contributed by atoms with van der Waals surface area (Å²) in [5.74, 6) is 3.18. The van der Waals surface area contributed by atoms with E-state index >= 15 is 0 Å². The molecule has 2 rings (SSSR count). The van der Waals surface area contributed by atoms with Crippen LogP contribution in [-0.4, -0.2) is 0 Å². The number of nitrogens with zero attached hydrogens (tertiary/aromatic N) is 1. The lowest BCUT2D eigenvalue weighted by Gasteiger charge is -2.06. The van der Waals surface area contributed by atoms with Crippen LogP contribution in [0.2, 0.25) is 0 Å². The summed E-state index contributed by atoms with van der Waals surface area (Å²) >= 11 is 0. The molecule has 0 saturated carbocycles. The van der Waals surface area contributed by atoms with Gasteiger partial charge in [-0.1, -0.05) is 31.3 Å². The van der Waals surface area contributed by atoms with Crippen molar-refractivity contribution in [1.29, 1.82) is 5.26 Å². The number of unbranched alkanes of at least 4 members (excludes halogenated alkanes) is 2. The fourth-order valence-electron chi connectivity index (χ4n) is 2.09. The molecule has 0 aliphatic heterocycles. The molecule has 4 heteroatoms. The Morgan fingerprint density at radius 2 is 1.70 bits per heavy atom. The Kier molecular flexibility index (Phi) is 5.44. The molecule has 0 spiro atoms. The maximum Gasteiger partial charge on any atom is 0.144 e.